The van der Waals surface area contributed by atoms with E-state index in [1.54, 1.807) is 11.3 Å². The van der Waals surface area contributed by atoms with Gasteiger partial charge in [0.1, 0.15) is 0 Å². The number of fused-ring (bicyclic) bond motifs is 1. The molecule has 0 atom stereocenters. The molecule has 0 amide bonds. The number of thiazole rings is 1. The van der Waals surface area contributed by atoms with Crippen LogP contribution < -0.4 is 10.6 Å². The molecule has 2 N–H and O–H groups in total. The third kappa shape index (κ3) is 2.60. The minimum atomic E-state index is -2.91. The van der Waals surface area contributed by atoms with E-state index < -0.39 is 9.84 Å². The van der Waals surface area contributed by atoms with Crippen molar-refractivity contribution in [2.75, 3.05) is 35.2 Å². The van der Waals surface area contributed by atoms with Gasteiger partial charge in [-0.15, -0.1) is 11.3 Å². The van der Waals surface area contributed by atoms with E-state index in [-0.39, 0.29) is 11.5 Å². The molecule has 2 heterocycles. The highest BCUT2D eigenvalue weighted by Crippen LogP contribution is 2.32. The highest BCUT2D eigenvalue weighted by molar-refractivity contribution is 7.91. The summed E-state index contributed by atoms with van der Waals surface area (Å²) in [5, 5.41) is 1.01. The summed E-state index contributed by atoms with van der Waals surface area (Å²) in [7, 11) is -2.91. The lowest BCUT2D eigenvalue weighted by atomic mass is 10.2. The molecule has 7 heteroatoms. The molecule has 1 aliphatic rings. The molecule has 20 heavy (non-hydrogen) atoms. The summed E-state index contributed by atoms with van der Waals surface area (Å²) in [4.78, 5) is 6.54. The van der Waals surface area contributed by atoms with E-state index in [2.05, 4.69) is 9.88 Å². The maximum atomic E-state index is 11.7. The Kier molecular flexibility index (Phi) is 3.33. The van der Waals surface area contributed by atoms with Crippen molar-refractivity contribution >= 4 is 42.8 Å². The van der Waals surface area contributed by atoms with Crippen molar-refractivity contribution in [3.8, 4) is 0 Å². The maximum Gasteiger partial charge on any atom is 0.152 e. The normalized spacial score (nSPS) is 19.1. The van der Waals surface area contributed by atoms with Gasteiger partial charge in [-0.2, -0.15) is 0 Å². The number of aromatic nitrogens is 1. The number of sulfone groups is 1. The first-order chi connectivity index (χ1) is 9.44. The molecule has 1 saturated heterocycles. The van der Waals surface area contributed by atoms with Crippen LogP contribution in [0.2, 0.25) is 0 Å². The van der Waals surface area contributed by atoms with Crippen LogP contribution in [0, 0.1) is 6.92 Å². The fourth-order valence-corrected chi connectivity index (χ4v) is 4.68. The van der Waals surface area contributed by atoms with Gasteiger partial charge in [0.25, 0.3) is 0 Å². The molecule has 0 spiro atoms. The number of rotatable bonds is 1. The second-order valence-corrected chi connectivity index (χ2v) is 8.64. The number of nitrogen functional groups attached to an aromatic ring is 1. The molecular weight excluding hydrogens is 294 g/mol. The Bertz CT molecular complexity index is 752. The van der Waals surface area contributed by atoms with Crippen molar-refractivity contribution in [1.29, 1.82) is 0 Å². The Morgan fingerprint density at radius 2 is 2.10 bits per heavy atom. The number of nitrogens with zero attached hydrogens (tertiary/aromatic N) is 2. The number of aryl methyl sites for hydroxylation is 1. The molecule has 0 aliphatic carbocycles. The average molecular weight is 311 g/mol. The van der Waals surface area contributed by atoms with Crippen LogP contribution in [0.3, 0.4) is 0 Å². The van der Waals surface area contributed by atoms with Crippen molar-refractivity contribution in [1.82, 2.24) is 4.98 Å². The summed E-state index contributed by atoms with van der Waals surface area (Å²) < 4.78 is 24.4. The monoisotopic (exact) mass is 311 g/mol. The van der Waals surface area contributed by atoms with Gasteiger partial charge in [0, 0.05) is 13.1 Å². The van der Waals surface area contributed by atoms with Crippen LogP contribution in [-0.2, 0) is 9.84 Å². The second-order valence-electron chi connectivity index (χ2n) is 5.10. The van der Waals surface area contributed by atoms with E-state index in [1.807, 2.05) is 19.1 Å². The molecule has 1 fully saturated rings. The molecule has 108 valence electrons. The summed E-state index contributed by atoms with van der Waals surface area (Å²) in [5.74, 6) is 0.460. The topological polar surface area (TPSA) is 76.3 Å². The van der Waals surface area contributed by atoms with Crippen molar-refractivity contribution in [3.05, 3.63) is 17.1 Å². The van der Waals surface area contributed by atoms with Crippen LogP contribution in [0.4, 0.5) is 11.4 Å². The molecule has 5 nitrogen and oxygen atoms in total. The zero-order valence-corrected chi connectivity index (χ0v) is 12.9. The number of hydrogen-bond acceptors (Lipinski definition) is 6. The summed E-state index contributed by atoms with van der Waals surface area (Å²) in [6, 6.07) is 3.92. The molecule has 1 aliphatic heterocycles. The molecule has 0 radical (unpaired) electrons. The van der Waals surface area contributed by atoms with E-state index in [0.29, 0.717) is 18.7 Å². The van der Waals surface area contributed by atoms with Crippen LogP contribution in [0.15, 0.2) is 12.1 Å². The Balaban J connectivity index is 1.98. The van der Waals surface area contributed by atoms with Gasteiger partial charge < -0.3 is 10.6 Å². The van der Waals surface area contributed by atoms with E-state index in [9.17, 15) is 8.42 Å². The lowest BCUT2D eigenvalue weighted by Crippen LogP contribution is -2.27. The molecule has 2 aromatic rings. The Morgan fingerprint density at radius 1 is 1.30 bits per heavy atom. The minimum absolute atomic E-state index is 0.195. The Morgan fingerprint density at radius 3 is 2.90 bits per heavy atom. The maximum absolute atomic E-state index is 11.7. The van der Waals surface area contributed by atoms with E-state index >= 15 is 0 Å². The molecule has 0 bridgehead atoms. The number of hydrogen-bond donors (Lipinski definition) is 1. The van der Waals surface area contributed by atoms with E-state index in [4.69, 9.17) is 5.73 Å². The summed E-state index contributed by atoms with van der Waals surface area (Å²) in [6.07, 6.45) is 0.649. The first kappa shape index (κ1) is 13.6. The highest BCUT2D eigenvalue weighted by Gasteiger charge is 2.21. The van der Waals surface area contributed by atoms with E-state index in [0.717, 1.165) is 27.5 Å². The van der Waals surface area contributed by atoms with Gasteiger partial charge in [-0.05, 0) is 25.5 Å². The number of benzene rings is 1. The largest absolute Gasteiger partial charge is 0.397 e. The van der Waals surface area contributed by atoms with Crippen LogP contribution in [-0.4, -0.2) is 38.0 Å². The lowest BCUT2D eigenvalue weighted by Gasteiger charge is -2.23. The van der Waals surface area contributed by atoms with Crippen LogP contribution >= 0.6 is 11.3 Å². The van der Waals surface area contributed by atoms with Crippen LogP contribution in [0.5, 0.6) is 0 Å². The molecule has 1 aromatic heterocycles. The van der Waals surface area contributed by atoms with Gasteiger partial charge in [0.2, 0.25) is 0 Å². The number of nitrogens with two attached hydrogens (primary N) is 1. The van der Waals surface area contributed by atoms with Crippen LogP contribution in [0.25, 0.3) is 10.2 Å². The summed E-state index contributed by atoms with van der Waals surface area (Å²) >= 11 is 1.62. The van der Waals surface area contributed by atoms with E-state index in [1.165, 1.54) is 0 Å². The SMILES string of the molecule is Cc1nc2cc(N3CCCS(=O)(=O)CC3)c(N)cc2s1. The first-order valence-corrected chi connectivity index (χ1v) is 9.20. The molecular formula is C13H17N3O2S2. The van der Waals surface area contributed by atoms with Crippen molar-refractivity contribution < 1.29 is 8.42 Å². The zero-order valence-electron chi connectivity index (χ0n) is 11.3. The van der Waals surface area contributed by atoms with Crippen molar-refractivity contribution in [2.24, 2.45) is 0 Å². The standard InChI is InChI=1S/C13H17N3O2S2/c1-9-15-11-8-12(10(14)7-13(11)19-9)16-3-2-5-20(17,18)6-4-16/h7-8H,2-6,14H2,1H3. The molecule has 1 aromatic carbocycles. The lowest BCUT2D eigenvalue weighted by molar-refractivity contribution is 0.597. The minimum Gasteiger partial charge on any atom is -0.397 e. The fraction of sp³-hybridized carbons (Fsp3) is 0.462. The van der Waals surface area contributed by atoms with Gasteiger partial charge in [-0.1, -0.05) is 0 Å². The van der Waals surface area contributed by atoms with Crippen molar-refractivity contribution in [3.63, 3.8) is 0 Å². The third-order valence-electron chi connectivity index (χ3n) is 3.54. The molecule has 0 saturated carbocycles. The Hall–Kier alpha value is -1.34. The molecule has 0 unspecified atom stereocenters. The highest BCUT2D eigenvalue weighted by atomic mass is 32.2. The third-order valence-corrected chi connectivity index (χ3v) is 6.19. The van der Waals surface area contributed by atoms with Gasteiger partial charge in [-0.25, -0.2) is 13.4 Å². The second kappa shape index (κ2) is 4.89. The van der Waals surface area contributed by atoms with Crippen molar-refractivity contribution in [2.45, 2.75) is 13.3 Å². The van der Waals surface area contributed by atoms with Gasteiger partial charge >= 0.3 is 0 Å². The fourth-order valence-electron chi connectivity index (χ4n) is 2.55. The zero-order chi connectivity index (χ0) is 14.3. The van der Waals surface area contributed by atoms with Gasteiger partial charge in [0.05, 0.1) is 38.1 Å². The predicted molar refractivity (Wildman–Crippen MR) is 84.3 cm³/mol. The van der Waals surface area contributed by atoms with Crippen LogP contribution in [0.1, 0.15) is 11.4 Å². The first-order valence-electron chi connectivity index (χ1n) is 6.57. The van der Waals surface area contributed by atoms with Gasteiger partial charge in [-0.3, -0.25) is 0 Å². The molecule has 3 rings (SSSR count). The number of anilines is 2. The summed E-state index contributed by atoms with van der Waals surface area (Å²) in [5.41, 5.74) is 8.66. The predicted octanol–water partition coefficient (Wildman–Crippen LogP) is 1.81. The smallest absolute Gasteiger partial charge is 0.152 e. The Labute approximate surface area is 122 Å². The quantitative estimate of drug-likeness (QED) is 0.813. The summed E-state index contributed by atoms with van der Waals surface area (Å²) in [6.45, 7) is 3.19. The average Bonchev–Trinajstić information content (AvgIpc) is 2.61. The van der Waals surface area contributed by atoms with Gasteiger partial charge in [0.15, 0.2) is 9.84 Å².